The zero-order chi connectivity index (χ0) is 43.5. The van der Waals surface area contributed by atoms with Gasteiger partial charge in [0.05, 0.1) is 25.7 Å². The molecular formula is C42H84N2O11S2. The summed E-state index contributed by atoms with van der Waals surface area (Å²) in [4.78, 5) is 43.4. The van der Waals surface area contributed by atoms with Crippen molar-refractivity contribution in [3.8, 4) is 0 Å². The minimum Gasteiger partial charge on any atom is -0.481 e. The van der Waals surface area contributed by atoms with Crippen molar-refractivity contribution in [1.29, 1.82) is 0 Å². The standard InChI is InChI=1S/C21H41NO5S.C16H32O2.C5H11NO4S/c1-3-4-5-6-7-8-9-10-11-12-13-14-15-17-20(23)22-28(25,26)19-16-18-21(24)27-2;1-2-3-4-5-6-7-8-9-10-11-12-13-14-15-16(17)18;1-10-5(7)3-2-4-11(6,8)9/h3-19H2,1-2H3,(H,22,23);2-15H2,1H3,(H,17,18);2-4H2,1H3,(H2,6,8,9). The van der Waals surface area contributed by atoms with Crippen LogP contribution in [-0.2, 0) is 48.7 Å². The number of carboxylic acid groups (broad SMARTS) is 1. The van der Waals surface area contributed by atoms with E-state index in [0.717, 1.165) is 25.7 Å². The monoisotopic (exact) mass is 857 g/mol. The van der Waals surface area contributed by atoms with Gasteiger partial charge in [0.25, 0.3) is 0 Å². The van der Waals surface area contributed by atoms with Crippen LogP contribution < -0.4 is 9.86 Å². The van der Waals surface area contributed by atoms with Crippen molar-refractivity contribution < 1.29 is 50.6 Å². The zero-order valence-corrected chi connectivity index (χ0v) is 38.1. The lowest BCUT2D eigenvalue weighted by Crippen LogP contribution is -2.32. The SMILES string of the molecule is CCCCCCCCCCCCCCCC(=O)NS(=O)(=O)CCCC(=O)OC.CCCCCCCCCCCCCCCC(=O)O.COC(=O)CCCS(N)(=O)=O. The number of carbonyl (C=O) groups excluding carboxylic acids is 3. The smallest absolute Gasteiger partial charge is 0.305 e. The van der Waals surface area contributed by atoms with Gasteiger partial charge in [-0.3, -0.25) is 23.9 Å². The van der Waals surface area contributed by atoms with Crippen LogP contribution in [0.25, 0.3) is 0 Å². The van der Waals surface area contributed by atoms with Crippen LogP contribution >= 0.6 is 0 Å². The number of aliphatic carboxylic acids is 1. The van der Waals surface area contributed by atoms with E-state index in [1.807, 2.05) is 0 Å². The summed E-state index contributed by atoms with van der Waals surface area (Å²) in [5, 5.41) is 13.2. The van der Waals surface area contributed by atoms with Gasteiger partial charge in [-0.25, -0.2) is 22.0 Å². The van der Waals surface area contributed by atoms with Crippen molar-refractivity contribution in [3.05, 3.63) is 0 Å². The highest BCUT2D eigenvalue weighted by atomic mass is 32.2. The number of rotatable bonds is 37. The molecule has 0 saturated heterocycles. The summed E-state index contributed by atoms with van der Waals surface area (Å²) in [6.07, 6.45) is 33.9. The van der Waals surface area contributed by atoms with E-state index >= 15 is 0 Å². The van der Waals surface area contributed by atoms with Crippen LogP contribution in [0.15, 0.2) is 0 Å². The number of hydrogen-bond donors (Lipinski definition) is 3. The maximum Gasteiger partial charge on any atom is 0.305 e. The maximum absolute atomic E-state index is 11.8. The number of sulfonamides is 2. The molecule has 1 amide bonds. The highest BCUT2D eigenvalue weighted by Gasteiger charge is 2.15. The number of esters is 2. The van der Waals surface area contributed by atoms with Gasteiger partial charge in [-0.2, -0.15) is 0 Å². The van der Waals surface area contributed by atoms with Gasteiger partial charge in [0, 0.05) is 25.7 Å². The van der Waals surface area contributed by atoms with Crippen LogP contribution in [0.4, 0.5) is 0 Å². The Hall–Kier alpha value is -2.26. The van der Waals surface area contributed by atoms with Gasteiger partial charge >= 0.3 is 17.9 Å². The van der Waals surface area contributed by atoms with Crippen molar-refractivity contribution >= 4 is 43.9 Å². The van der Waals surface area contributed by atoms with E-state index in [1.54, 1.807) is 0 Å². The minimum absolute atomic E-state index is 0.0322. The fraction of sp³-hybridized carbons (Fsp3) is 0.905. The second-order valence-corrected chi connectivity index (χ2v) is 18.5. The van der Waals surface area contributed by atoms with Gasteiger partial charge in [-0.15, -0.1) is 0 Å². The van der Waals surface area contributed by atoms with Gasteiger partial charge < -0.3 is 14.6 Å². The zero-order valence-electron chi connectivity index (χ0n) is 36.5. The van der Waals surface area contributed by atoms with Crippen LogP contribution in [0.5, 0.6) is 0 Å². The molecule has 0 aliphatic carbocycles. The lowest BCUT2D eigenvalue weighted by molar-refractivity contribution is -0.141. The number of nitrogens with two attached hydrogens (primary N) is 1. The minimum atomic E-state index is -3.66. The molecule has 15 heteroatoms. The molecule has 0 atom stereocenters. The summed E-state index contributed by atoms with van der Waals surface area (Å²) >= 11 is 0. The third kappa shape index (κ3) is 55.9. The van der Waals surface area contributed by atoms with E-state index < -0.39 is 43.9 Å². The van der Waals surface area contributed by atoms with Gasteiger partial charge in [-0.1, -0.05) is 168 Å². The lowest BCUT2D eigenvalue weighted by Gasteiger charge is -2.07. The fourth-order valence-electron chi connectivity index (χ4n) is 5.90. The predicted octanol–water partition coefficient (Wildman–Crippen LogP) is 9.65. The molecule has 0 spiro atoms. The fourth-order valence-corrected chi connectivity index (χ4v) is 7.52. The summed E-state index contributed by atoms with van der Waals surface area (Å²) in [6, 6.07) is 0. The molecule has 340 valence electrons. The van der Waals surface area contributed by atoms with Crippen molar-refractivity contribution in [3.63, 3.8) is 0 Å². The predicted molar refractivity (Wildman–Crippen MR) is 231 cm³/mol. The van der Waals surface area contributed by atoms with E-state index in [2.05, 4.69) is 33.2 Å². The van der Waals surface area contributed by atoms with Crippen LogP contribution in [0.2, 0.25) is 0 Å². The van der Waals surface area contributed by atoms with Gasteiger partial charge in [0.1, 0.15) is 0 Å². The lowest BCUT2D eigenvalue weighted by atomic mass is 10.0. The highest BCUT2D eigenvalue weighted by molar-refractivity contribution is 7.90. The Bertz CT molecular complexity index is 1180. The number of ether oxygens (including phenoxy) is 2. The number of unbranched alkanes of at least 4 members (excludes halogenated alkanes) is 24. The van der Waals surface area contributed by atoms with E-state index in [9.17, 15) is 36.0 Å². The second kappa shape index (κ2) is 43.3. The molecule has 0 aliphatic rings. The molecule has 0 radical (unpaired) electrons. The molecule has 0 rings (SSSR count). The first kappa shape index (κ1) is 59.1. The van der Waals surface area contributed by atoms with Crippen LogP contribution in [-0.4, -0.2) is 71.5 Å². The van der Waals surface area contributed by atoms with Gasteiger partial charge in [0.15, 0.2) is 0 Å². The summed E-state index contributed by atoms with van der Waals surface area (Å²) < 4.78 is 55.0. The first-order valence-electron chi connectivity index (χ1n) is 22.0. The molecule has 0 aromatic heterocycles. The van der Waals surface area contributed by atoms with Gasteiger partial charge in [0.2, 0.25) is 26.0 Å². The molecular weight excluding hydrogens is 773 g/mol. The summed E-state index contributed by atoms with van der Waals surface area (Å²) in [6.45, 7) is 4.50. The summed E-state index contributed by atoms with van der Waals surface area (Å²) in [5.74, 6) is -2.41. The third-order valence-corrected chi connectivity index (χ3v) is 11.6. The molecule has 0 heterocycles. The molecule has 0 unspecified atom stereocenters. The number of carbonyl (C=O) groups is 4. The van der Waals surface area contributed by atoms with Gasteiger partial charge in [-0.05, 0) is 25.7 Å². The first-order chi connectivity index (χ1) is 27.1. The van der Waals surface area contributed by atoms with E-state index in [-0.39, 0.29) is 43.6 Å². The molecule has 13 nitrogen and oxygen atoms in total. The largest absolute Gasteiger partial charge is 0.481 e. The molecule has 0 aliphatic heterocycles. The molecule has 57 heavy (non-hydrogen) atoms. The van der Waals surface area contributed by atoms with Crippen molar-refractivity contribution in [2.75, 3.05) is 25.7 Å². The Morgan fingerprint density at radius 2 is 0.754 bits per heavy atom. The quantitative estimate of drug-likeness (QED) is 0.0395. The van der Waals surface area contributed by atoms with E-state index in [1.165, 1.54) is 149 Å². The van der Waals surface area contributed by atoms with E-state index in [0.29, 0.717) is 12.8 Å². The Kier molecular flexibility index (Phi) is 44.9. The highest BCUT2D eigenvalue weighted by Crippen LogP contribution is 2.14. The molecule has 0 fully saturated rings. The second-order valence-electron chi connectivity index (χ2n) is 14.9. The van der Waals surface area contributed by atoms with Crippen molar-refractivity contribution in [2.45, 2.75) is 219 Å². The van der Waals surface area contributed by atoms with Crippen LogP contribution in [0.3, 0.4) is 0 Å². The number of amides is 1. The number of carboxylic acids is 1. The van der Waals surface area contributed by atoms with Crippen LogP contribution in [0, 0.1) is 0 Å². The first-order valence-corrected chi connectivity index (χ1v) is 25.4. The number of nitrogens with one attached hydrogen (secondary N) is 1. The molecule has 0 aromatic rings. The van der Waals surface area contributed by atoms with E-state index in [4.69, 9.17) is 5.11 Å². The molecule has 0 saturated carbocycles. The molecule has 4 N–H and O–H groups in total. The molecule has 0 bridgehead atoms. The third-order valence-electron chi connectivity index (χ3n) is 9.33. The molecule has 0 aromatic carbocycles. The Balaban J connectivity index is -0.000000856. The average Bonchev–Trinajstić information content (AvgIpc) is 3.14. The number of methoxy groups -OCH3 is 2. The number of hydrogen-bond acceptors (Lipinski definition) is 10. The van der Waals surface area contributed by atoms with Crippen molar-refractivity contribution in [1.82, 2.24) is 4.72 Å². The Morgan fingerprint density at radius 3 is 1.05 bits per heavy atom. The summed E-state index contributed by atoms with van der Waals surface area (Å²) in [7, 11) is -4.59. The van der Waals surface area contributed by atoms with Crippen LogP contribution in [0.1, 0.15) is 219 Å². The number of primary sulfonamides is 1. The Morgan fingerprint density at radius 1 is 0.456 bits per heavy atom. The normalized spacial score (nSPS) is 11.1. The maximum atomic E-state index is 11.8. The average molecular weight is 857 g/mol. The topological polar surface area (TPSA) is 213 Å². The van der Waals surface area contributed by atoms with Crippen molar-refractivity contribution in [2.24, 2.45) is 5.14 Å². The summed E-state index contributed by atoms with van der Waals surface area (Å²) in [5.41, 5.74) is 0. The Labute approximate surface area is 348 Å².